The number of hydrogen-bond acceptors (Lipinski definition) is 5. The van der Waals surface area contributed by atoms with Crippen LogP contribution in [0.15, 0.2) is 70.7 Å². The van der Waals surface area contributed by atoms with E-state index in [4.69, 9.17) is 9.47 Å². The maximum absolute atomic E-state index is 12.6. The molecule has 0 unspecified atom stereocenters. The Labute approximate surface area is 159 Å². The van der Waals surface area contributed by atoms with E-state index in [-0.39, 0.29) is 17.8 Å². The predicted octanol–water partition coefficient (Wildman–Crippen LogP) is 4.14. The molecule has 0 spiro atoms. The molecule has 0 aliphatic heterocycles. The number of carbonyl (C=O) groups excluding carboxylic acids is 2. The van der Waals surface area contributed by atoms with Gasteiger partial charge in [0.2, 0.25) is 0 Å². The summed E-state index contributed by atoms with van der Waals surface area (Å²) in [5.41, 5.74) is 1.54. The normalized spacial score (nSPS) is 17.7. The van der Waals surface area contributed by atoms with E-state index in [1.54, 1.807) is 13.8 Å². The van der Waals surface area contributed by atoms with Gasteiger partial charge in [0, 0.05) is 17.9 Å². The SMILES string of the molecule is CCOC(=O)/C=C(/C(=C(\SC)C(=O)OCC)C1C=CC=C1)C1C=CC=C1. The fourth-order valence-corrected chi connectivity index (χ4v) is 3.60. The van der Waals surface area contributed by atoms with Crippen molar-refractivity contribution in [2.24, 2.45) is 11.8 Å². The van der Waals surface area contributed by atoms with Crippen LogP contribution in [0.2, 0.25) is 0 Å². The number of allylic oxidation sites excluding steroid dienone is 10. The van der Waals surface area contributed by atoms with Crippen molar-refractivity contribution in [1.29, 1.82) is 0 Å². The van der Waals surface area contributed by atoms with E-state index in [2.05, 4.69) is 0 Å². The molecule has 0 saturated carbocycles. The van der Waals surface area contributed by atoms with Crippen LogP contribution in [0.1, 0.15) is 13.8 Å². The molecule has 2 aliphatic carbocycles. The Hall–Kier alpha value is -2.27. The van der Waals surface area contributed by atoms with Gasteiger partial charge in [-0.2, -0.15) is 0 Å². The smallest absolute Gasteiger partial charge is 0.344 e. The maximum Gasteiger partial charge on any atom is 0.344 e. The first-order valence-electron chi connectivity index (χ1n) is 8.66. The minimum Gasteiger partial charge on any atom is -0.463 e. The first kappa shape index (κ1) is 20.0. The van der Waals surface area contributed by atoms with Gasteiger partial charge in [-0.15, -0.1) is 11.8 Å². The molecule has 0 aromatic carbocycles. The molecule has 0 amide bonds. The maximum atomic E-state index is 12.6. The van der Waals surface area contributed by atoms with Gasteiger partial charge < -0.3 is 9.47 Å². The lowest BCUT2D eigenvalue weighted by Gasteiger charge is -2.22. The summed E-state index contributed by atoms with van der Waals surface area (Å²) in [7, 11) is 0. The van der Waals surface area contributed by atoms with Crippen molar-refractivity contribution in [3.63, 3.8) is 0 Å². The Balaban J connectivity index is 2.61. The summed E-state index contributed by atoms with van der Waals surface area (Å²) < 4.78 is 10.4. The summed E-state index contributed by atoms with van der Waals surface area (Å²) in [6.07, 6.45) is 19.1. The van der Waals surface area contributed by atoms with Crippen molar-refractivity contribution in [3.8, 4) is 0 Å². The van der Waals surface area contributed by atoms with Gasteiger partial charge in [-0.25, -0.2) is 9.59 Å². The molecule has 0 radical (unpaired) electrons. The quantitative estimate of drug-likeness (QED) is 0.364. The van der Waals surface area contributed by atoms with E-state index < -0.39 is 5.97 Å². The van der Waals surface area contributed by atoms with Gasteiger partial charge in [-0.1, -0.05) is 48.6 Å². The van der Waals surface area contributed by atoms with Gasteiger partial charge in [0.05, 0.1) is 18.1 Å². The lowest BCUT2D eigenvalue weighted by molar-refractivity contribution is -0.138. The average molecular weight is 372 g/mol. The summed E-state index contributed by atoms with van der Waals surface area (Å²) in [4.78, 5) is 25.3. The van der Waals surface area contributed by atoms with Crippen LogP contribution in [0.3, 0.4) is 0 Å². The van der Waals surface area contributed by atoms with Gasteiger partial charge in [-0.3, -0.25) is 0 Å². The second-order valence-corrected chi connectivity index (χ2v) is 6.43. The number of thioether (sulfide) groups is 1. The Kier molecular flexibility index (Phi) is 7.73. The van der Waals surface area contributed by atoms with Gasteiger partial charge in [0.15, 0.2) is 0 Å². The minimum absolute atomic E-state index is 0.0895. The lowest BCUT2D eigenvalue weighted by atomic mass is 9.85. The van der Waals surface area contributed by atoms with Crippen LogP contribution in [0, 0.1) is 11.8 Å². The van der Waals surface area contributed by atoms with Crippen molar-refractivity contribution in [2.45, 2.75) is 13.8 Å². The Morgan fingerprint density at radius 3 is 1.96 bits per heavy atom. The van der Waals surface area contributed by atoms with Crippen LogP contribution in [-0.2, 0) is 19.1 Å². The number of hydrogen-bond donors (Lipinski definition) is 0. The third kappa shape index (κ3) is 4.88. The summed E-state index contributed by atoms with van der Waals surface area (Å²) in [6, 6.07) is 0. The van der Waals surface area contributed by atoms with Crippen molar-refractivity contribution in [2.75, 3.05) is 19.5 Å². The fourth-order valence-electron chi connectivity index (χ4n) is 2.90. The third-order valence-electron chi connectivity index (χ3n) is 3.97. The Morgan fingerprint density at radius 2 is 1.46 bits per heavy atom. The highest BCUT2D eigenvalue weighted by molar-refractivity contribution is 8.03. The lowest BCUT2D eigenvalue weighted by Crippen LogP contribution is -2.16. The first-order valence-corrected chi connectivity index (χ1v) is 9.88. The minimum atomic E-state index is -0.413. The number of esters is 2. The fraction of sp³-hybridized carbons (Fsp3) is 0.333. The molecule has 0 saturated heterocycles. The van der Waals surface area contributed by atoms with E-state index in [0.717, 1.165) is 11.1 Å². The van der Waals surface area contributed by atoms with Crippen LogP contribution >= 0.6 is 11.8 Å². The number of ether oxygens (including phenoxy) is 2. The molecule has 0 fully saturated rings. The molecule has 138 valence electrons. The second-order valence-electron chi connectivity index (χ2n) is 5.61. The van der Waals surface area contributed by atoms with Crippen LogP contribution in [0.25, 0.3) is 0 Å². The molecule has 0 aromatic heterocycles. The molecule has 4 nitrogen and oxygen atoms in total. The highest BCUT2D eigenvalue weighted by Gasteiger charge is 2.28. The van der Waals surface area contributed by atoms with Gasteiger partial charge in [0.25, 0.3) is 0 Å². The van der Waals surface area contributed by atoms with Crippen LogP contribution < -0.4 is 0 Å². The monoisotopic (exact) mass is 372 g/mol. The highest BCUT2D eigenvalue weighted by Crippen LogP contribution is 2.38. The second kappa shape index (κ2) is 10.0. The average Bonchev–Trinajstić information content (AvgIpc) is 3.31. The van der Waals surface area contributed by atoms with E-state index >= 15 is 0 Å². The van der Waals surface area contributed by atoms with Gasteiger partial charge in [0.1, 0.15) is 0 Å². The summed E-state index contributed by atoms with van der Waals surface area (Å²) in [6.45, 7) is 4.15. The van der Waals surface area contributed by atoms with Crippen molar-refractivity contribution in [3.05, 3.63) is 70.7 Å². The zero-order valence-electron chi connectivity index (χ0n) is 15.3. The topological polar surface area (TPSA) is 52.6 Å². The standard InChI is InChI=1S/C21H24O4S/c1-4-24-18(22)14-17(15-10-6-7-11-15)19(16-12-8-9-13-16)20(26-3)21(23)25-5-2/h6-16H,4-5H2,1-3H3/b17-14+,20-19-. The molecule has 0 atom stereocenters. The zero-order valence-corrected chi connectivity index (χ0v) is 16.1. The molecule has 5 heteroatoms. The molecule has 0 aromatic rings. The third-order valence-corrected chi connectivity index (χ3v) is 4.76. The molecule has 2 aliphatic rings. The number of rotatable bonds is 8. The highest BCUT2D eigenvalue weighted by atomic mass is 32.2. The van der Waals surface area contributed by atoms with Crippen LogP contribution in [-0.4, -0.2) is 31.4 Å². The van der Waals surface area contributed by atoms with Crippen molar-refractivity contribution < 1.29 is 19.1 Å². The zero-order chi connectivity index (χ0) is 18.9. The van der Waals surface area contributed by atoms with Gasteiger partial charge in [-0.05, 0) is 31.2 Å². The summed E-state index contributed by atoms with van der Waals surface area (Å²) >= 11 is 1.34. The molecule has 26 heavy (non-hydrogen) atoms. The van der Waals surface area contributed by atoms with Gasteiger partial charge >= 0.3 is 11.9 Å². The molecular weight excluding hydrogens is 348 g/mol. The first-order chi connectivity index (χ1) is 12.6. The van der Waals surface area contributed by atoms with E-state index in [1.807, 2.05) is 54.9 Å². The van der Waals surface area contributed by atoms with E-state index in [0.29, 0.717) is 18.1 Å². The van der Waals surface area contributed by atoms with E-state index in [9.17, 15) is 9.59 Å². The molecule has 2 rings (SSSR count). The summed E-state index contributed by atoms with van der Waals surface area (Å²) in [5, 5.41) is 0. The Morgan fingerprint density at radius 1 is 0.923 bits per heavy atom. The summed E-state index contributed by atoms with van der Waals surface area (Å²) in [5.74, 6) is -0.966. The largest absolute Gasteiger partial charge is 0.463 e. The molecule has 0 bridgehead atoms. The molecule has 0 heterocycles. The van der Waals surface area contributed by atoms with Crippen LogP contribution in [0.5, 0.6) is 0 Å². The number of carbonyl (C=O) groups is 2. The predicted molar refractivity (Wildman–Crippen MR) is 105 cm³/mol. The van der Waals surface area contributed by atoms with Crippen molar-refractivity contribution >= 4 is 23.7 Å². The van der Waals surface area contributed by atoms with Crippen molar-refractivity contribution in [1.82, 2.24) is 0 Å². The van der Waals surface area contributed by atoms with Crippen LogP contribution in [0.4, 0.5) is 0 Å². The molecular formula is C21H24O4S. The molecule has 0 N–H and O–H groups in total. The van der Waals surface area contributed by atoms with E-state index in [1.165, 1.54) is 17.8 Å². The Bertz CT molecular complexity index is 698.